The van der Waals surface area contributed by atoms with E-state index in [-0.39, 0.29) is 37.0 Å². The number of anilines is 2. The van der Waals surface area contributed by atoms with Gasteiger partial charge >= 0.3 is 11.7 Å². The molecule has 0 saturated carbocycles. The maximum absolute atomic E-state index is 12.7. The van der Waals surface area contributed by atoms with Crippen LogP contribution in [0, 0.1) is 0 Å². The van der Waals surface area contributed by atoms with E-state index in [9.17, 15) is 19.2 Å². The first kappa shape index (κ1) is 23.1. The van der Waals surface area contributed by atoms with Crippen molar-refractivity contribution in [2.24, 2.45) is 0 Å². The number of aromatic nitrogens is 2. The van der Waals surface area contributed by atoms with E-state index in [1.165, 1.54) is 4.57 Å². The van der Waals surface area contributed by atoms with Gasteiger partial charge in [-0.05, 0) is 18.4 Å². The van der Waals surface area contributed by atoms with Crippen LogP contribution in [-0.2, 0) is 16.1 Å². The van der Waals surface area contributed by atoms with Gasteiger partial charge in [-0.25, -0.2) is 9.59 Å². The summed E-state index contributed by atoms with van der Waals surface area (Å²) in [6.07, 6.45) is 1.05. The van der Waals surface area contributed by atoms with Crippen LogP contribution in [0.1, 0.15) is 18.4 Å². The summed E-state index contributed by atoms with van der Waals surface area (Å²) in [6.45, 7) is 1.71. The van der Waals surface area contributed by atoms with Crippen LogP contribution in [0.3, 0.4) is 0 Å². The molecule has 0 unspecified atom stereocenters. The third-order valence-electron chi connectivity index (χ3n) is 5.24. The van der Waals surface area contributed by atoms with Gasteiger partial charge in [0.05, 0.1) is 13.1 Å². The Morgan fingerprint density at radius 1 is 1.09 bits per heavy atom. The average Bonchev–Trinajstić information content (AvgIpc) is 3.09. The van der Waals surface area contributed by atoms with E-state index in [1.54, 1.807) is 12.0 Å². The highest BCUT2D eigenvalue weighted by molar-refractivity contribution is 6.01. The highest BCUT2D eigenvalue weighted by Gasteiger charge is 2.28. The molecule has 2 heterocycles. The van der Waals surface area contributed by atoms with E-state index < -0.39 is 17.3 Å². The maximum Gasteiger partial charge on any atom is 0.330 e. The largest absolute Gasteiger partial charge is 0.385 e. The topological polar surface area (TPSA) is 143 Å². The third-order valence-corrected chi connectivity index (χ3v) is 5.24. The van der Waals surface area contributed by atoms with E-state index in [0.29, 0.717) is 32.5 Å². The number of urea groups is 1. The molecular formula is C21H28N6O5. The number of amides is 3. The summed E-state index contributed by atoms with van der Waals surface area (Å²) in [4.78, 5) is 54.0. The van der Waals surface area contributed by atoms with Crippen LogP contribution in [0.4, 0.5) is 16.3 Å². The van der Waals surface area contributed by atoms with Crippen molar-refractivity contribution in [2.45, 2.75) is 19.4 Å². The Morgan fingerprint density at radius 3 is 2.47 bits per heavy atom. The number of nitrogens with two attached hydrogens (primary N) is 1. The second-order valence-corrected chi connectivity index (χ2v) is 7.46. The van der Waals surface area contributed by atoms with Crippen LogP contribution in [0.25, 0.3) is 0 Å². The Kier molecular flexibility index (Phi) is 7.66. The molecule has 1 fully saturated rings. The number of nitrogens with one attached hydrogen (secondary N) is 2. The minimum atomic E-state index is -0.587. The smallest absolute Gasteiger partial charge is 0.330 e. The van der Waals surface area contributed by atoms with Gasteiger partial charge in [-0.2, -0.15) is 0 Å². The van der Waals surface area contributed by atoms with Crippen molar-refractivity contribution in [1.82, 2.24) is 19.8 Å². The van der Waals surface area contributed by atoms with E-state index in [4.69, 9.17) is 10.5 Å². The highest BCUT2D eigenvalue weighted by Crippen LogP contribution is 2.19. The van der Waals surface area contributed by atoms with Crippen molar-refractivity contribution < 1.29 is 14.3 Å². The van der Waals surface area contributed by atoms with Gasteiger partial charge in [-0.15, -0.1) is 0 Å². The number of aromatic amines is 1. The Balaban J connectivity index is 1.84. The number of imide groups is 1. The monoisotopic (exact) mass is 444 g/mol. The number of H-pyrrole nitrogens is 1. The predicted octanol–water partition coefficient (Wildman–Crippen LogP) is -0.0481. The number of nitrogen functional groups attached to an aromatic ring is 1. The Morgan fingerprint density at radius 2 is 1.81 bits per heavy atom. The molecule has 0 bridgehead atoms. The zero-order valence-electron chi connectivity index (χ0n) is 18.0. The van der Waals surface area contributed by atoms with Crippen LogP contribution < -0.4 is 27.2 Å². The van der Waals surface area contributed by atoms with E-state index in [0.717, 1.165) is 10.5 Å². The number of ether oxygens (including phenoxy) is 1. The number of hydrogen-bond donors (Lipinski definition) is 3. The van der Waals surface area contributed by atoms with Crippen molar-refractivity contribution in [3.05, 3.63) is 56.7 Å². The van der Waals surface area contributed by atoms with Crippen molar-refractivity contribution in [3.8, 4) is 0 Å². The lowest BCUT2D eigenvalue weighted by Gasteiger charge is -2.27. The highest BCUT2D eigenvalue weighted by atomic mass is 16.5. The molecule has 1 saturated heterocycles. The van der Waals surface area contributed by atoms with Crippen LogP contribution >= 0.6 is 0 Å². The van der Waals surface area contributed by atoms with Crippen molar-refractivity contribution in [1.29, 1.82) is 0 Å². The molecule has 4 N–H and O–H groups in total. The van der Waals surface area contributed by atoms with E-state index >= 15 is 0 Å². The molecule has 1 aromatic carbocycles. The van der Waals surface area contributed by atoms with Crippen LogP contribution in [0.15, 0.2) is 39.9 Å². The summed E-state index contributed by atoms with van der Waals surface area (Å²) in [5, 5.41) is 2.48. The number of carbonyl (C=O) groups excluding carboxylic acids is 2. The summed E-state index contributed by atoms with van der Waals surface area (Å²) in [5.41, 5.74) is 6.20. The van der Waals surface area contributed by atoms with Gasteiger partial charge in [0.1, 0.15) is 11.5 Å². The molecule has 11 nitrogen and oxygen atoms in total. The molecule has 1 aliphatic rings. The molecule has 11 heteroatoms. The lowest BCUT2D eigenvalue weighted by molar-refractivity contribution is -0.125. The number of rotatable bonds is 11. The zero-order valence-corrected chi connectivity index (χ0v) is 18.0. The molecule has 2 aromatic rings. The second-order valence-electron chi connectivity index (χ2n) is 7.46. The maximum atomic E-state index is 12.7. The molecule has 3 rings (SSSR count). The number of benzene rings is 1. The van der Waals surface area contributed by atoms with Gasteiger partial charge in [0, 0.05) is 33.4 Å². The minimum absolute atomic E-state index is 0.00650. The van der Waals surface area contributed by atoms with Crippen molar-refractivity contribution >= 4 is 23.4 Å². The Labute approximate surface area is 184 Å². The number of carbonyl (C=O) groups is 2. The number of nitrogens with zero attached hydrogens (tertiary/aromatic N) is 3. The minimum Gasteiger partial charge on any atom is -0.385 e. The molecule has 32 heavy (non-hydrogen) atoms. The normalized spacial score (nSPS) is 13.5. The first-order valence-electron chi connectivity index (χ1n) is 10.4. The molecule has 0 atom stereocenters. The fourth-order valence-electron chi connectivity index (χ4n) is 3.64. The Bertz CT molecular complexity index is 1050. The van der Waals surface area contributed by atoms with Crippen LogP contribution in [0.2, 0.25) is 0 Å². The van der Waals surface area contributed by atoms with Gasteiger partial charge in [-0.3, -0.25) is 24.0 Å². The standard InChI is InChI=1S/C21H28N6O5/c1-32-12-6-10-25(9-5-11-26-16(28)13-23-20(26)30)17-18(22)27(21(31)24-19(17)29)14-15-7-3-2-4-8-15/h2-4,7-8H,5-6,9-14,22H2,1H3,(H,23,30)(H,24,29,31). The van der Waals surface area contributed by atoms with Crippen molar-refractivity contribution in [3.63, 3.8) is 0 Å². The molecule has 1 aliphatic heterocycles. The number of methoxy groups -OCH3 is 1. The zero-order chi connectivity index (χ0) is 23.1. The predicted molar refractivity (Wildman–Crippen MR) is 120 cm³/mol. The molecular weight excluding hydrogens is 416 g/mol. The van der Waals surface area contributed by atoms with Gasteiger partial charge in [-0.1, -0.05) is 30.3 Å². The SMILES string of the molecule is COCCCN(CCCN1C(=O)CNC1=O)c1c(N)n(Cc2ccccc2)c(=O)[nH]c1=O. The van der Waals surface area contributed by atoms with E-state index in [2.05, 4.69) is 10.3 Å². The molecule has 172 valence electrons. The van der Waals surface area contributed by atoms with Gasteiger partial charge in [0.25, 0.3) is 5.56 Å². The van der Waals surface area contributed by atoms with Gasteiger partial charge in [0.2, 0.25) is 5.91 Å². The fraction of sp³-hybridized carbons (Fsp3) is 0.429. The summed E-state index contributed by atoms with van der Waals surface area (Å²) in [5.74, 6) is -0.218. The first-order chi connectivity index (χ1) is 15.4. The second kappa shape index (κ2) is 10.6. The van der Waals surface area contributed by atoms with Gasteiger partial charge < -0.3 is 20.7 Å². The van der Waals surface area contributed by atoms with Gasteiger partial charge in [0.15, 0.2) is 0 Å². The van der Waals surface area contributed by atoms with Crippen LogP contribution in [-0.4, -0.2) is 66.3 Å². The molecule has 1 aromatic heterocycles. The lowest BCUT2D eigenvalue weighted by atomic mass is 10.2. The van der Waals surface area contributed by atoms with Crippen LogP contribution in [0.5, 0.6) is 0 Å². The summed E-state index contributed by atoms with van der Waals surface area (Å²) in [7, 11) is 1.59. The summed E-state index contributed by atoms with van der Waals surface area (Å²) in [6, 6.07) is 8.90. The Hall–Kier alpha value is -3.60. The quantitative estimate of drug-likeness (QED) is 0.326. The van der Waals surface area contributed by atoms with Crippen molar-refractivity contribution in [2.75, 3.05) is 50.5 Å². The summed E-state index contributed by atoms with van der Waals surface area (Å²) < 4.78 is 6.45. The third kappa shape index (κ3) is 5.35. The molecule has 0 aliphatic carbocycles. The average molecular weight is 444 g/mol. The summed E-state index contributed by atoms with van der Waals surface area (Å²) >= 11 is 0. The fourth-order valence-corrected chi connectivity index (χ4v) is 3.64. The first-order valence-corrected chi connectivity index (χ1v) is 10.4. The molecule has 3 amide bonds. The van der Waals surface area contributed by atoms with E-state index in [1.807, 2.05) is 30.3 Å². The number of hydrogen-bond acceptors (Lipinski definition) is 7. The lowest BCUT2D eigenvalue weighted by Crippen LogP contribution is -2.40. The molecule has 0 radical (unpaired) electrons. The molecule has 0 spiro atoms.